The van der Waals surface area contributed by atoms with Crippen LogP contribution in [-0.2, 0) is 9.78 Å². The first-order valence-electron chi connectivity index (χ1n) is 4.34. The maximum Gasteiger partial charge on any atom is 0.373 e. The molecule has 16 heavy (non-hydrogen) atoms. The van der Waals surface area contributed by atoms with Crippen LogP contribution in [0.4, 0.5) is 0 Å². The summed E-state index contributed by atoms with van der Waals surface area (Å²) in [5, 5.41) is 16.6. The topological polar surface area (TPSA) is 93.1 Å². The molecule has 0 aromatic heterocycles. The largest absolute Gasteiger partial charge is 0.373 e. The van der Waals surface area contributed by atoms with Crippen molar-refractivity contribution >= 4 is 11.9 Å². The third-order valence-electron chi connectivity index (χ3n) is 2.33. The summed E-state index contributed by atoms with van der Waals surface area (Å²) in [7, 11) is 0. The van der Waals surface area contributed by atoms with Gasteiger partial charge in [0.25, 0.3) is 0 Å². The van der Waals surface area contributed by atoms with Crippen molar-refractivity contribution in [2.45, 2.75) is 13.8 Å². The minimum absolute atomic E-state index is 0.137. The maximum atomic E-state index is 11.3. The molecular weight excluding hydrogens is 216 g/mol. The normalized spacial score (nSPS) is 9.75. The minimum atomic E-state index is -1.09. The predicted molar refractivity (Wildman–Crippen MR) is 52.0 cm³/mol. The van der Waals surface area contributed by atoms with E-state index < -0.39 is 11.9 Å². The van der Waals surface area contributed by atoms with Crippen LogP contribution in [0.3, 0.4) is 0 Å². The van der Waals surface area contributed by atoms with Gasteiger partial charge in [0.05, 0.1) is 11.1 Å². The van der Waals surface area contributed by atoms with E-state index in [-0.39, 0.29) is 11.1 Å². The van der Waals surface area contributed by atoms with Crippen LogP contribution >= 0.6 is 0 Å². The second-order valence-corrected chi connectivity index (χ2v) is 3.19. The van der Waals surface area contributed by atoms with Crippen molar-refractivity contribution in [3.8, 4) is 0 Å². The molecule has 0 saturated heterocycles. The average molecular weight is 226 g/mol. The van der Waals surface area contributed by atoms with Crippen molar-refractivity contribution in [3.05, 3.63) is 34.4 Å². The summed E-state index contributed by atoms with van der Waals surface area (Å²) in [6.07, 6.45) is 0. The monoisotopic (exact) mass is 226 g/mol. The number of benzene rings is 1. The lowest BCUT2D eigenvalue weighted by molar-refractivity contribution is -0.185. The van der Waals surface area contributed by atoms with Gasteiger partial charge >= 0.3 is 11.9 Å². The average Bonchev–Trinajstić information content (AvgIpc) is 2.30. The van der Waals surface area contributed by atoms with Gasteiger partial charge in [-0.2, -0.15) is 10.5 Å². The van der Waals surface area contributed by atoms with Crippen LogP contribution in [0.15, 0.2) is 12.1 Å². The Morgan fingerprint density at radius 1 is 1.06 bits per heavy atom. The second-order valence-electron chi connectivity index (χ2n) is 3.19. The number of hydrogen-bond acceptors (Lipinski definition) is 6. The fourth-order valence-electron chi connectivity index (χ4n) is 1.34. The molecule has 6 nitrogen and oxygen atoms in total. The van der Waals surface area contributed by atoms with E-state index in [2.05, 4.69) is 9.78 Å². The number of carbonyl (C=O) groups excluding carboxylic acids is 2. The summed E-state index contributed by atoms with van der Waals surface area (Å²) >= 11 is 0. The Labute approximate surface area is 90.9 Å². The van der Waals surface area contributed by atoms with Crippen LogP contribution in [0, 0.1) is 13.8 Å². The van der Waals surface area contributed by atoms with Crippen LogP contribution in [0.25, 0.3) is 0 Å². The van der Waals surface area contributed by atoms with Crippen molar-refractivity contribution in [1.29, 1.82) is 0 Å². The van der Waals surface area contributed by atoms with Crippen molar-refractivity contribution in [1.82, 2.24) is 0 Å². The van der Waals surface area contributed by atoms with Gasteiger partial charge in [-0.3, -0.25) is 9.78 Å². The third kappa shape index (κ3) is 2.02. The summed E-state index contributed by atoms with van der Waals surface area (Å²) in [6, 6.07) is 2.88. The van der Waals surface area contributed by atoms with E-state index in [9.17, 15) is 9.59 Å². The fourth-order valence-corrected chi connectivity index (χ4v) is 1.34. The molecule has 0 aliphatic carbocycles. The van der Waals surface area contributed by atoms with Crippen molar-refractivity contribution in [2.75, 3.05) is 0 Å². The van der Waals surface area contributed by atoms with E-state index >= 15 is 0 Å². The summed E-state index contributed by atoms with van der Waals surface area (Å²) in [5.41, 5.74) is 0.878. The molecule has 0 aliphatic heterocycles. The predicted octanol–water partition coefficient (Wildman–Crippen LogP) is 1.56. The van der Waals surface area contributed by atoms with E-state index in [0.29, 0.717) is 5.56 Å². The Kier molecular flexibility index (Phi) is 3.60. The lowest BCUT2D eigenvalue weighted by atomic mass is 9.98. The molecule has 1 aromatic rings. The standard InChI is InChI=1S/C10H10O6/c1-5-3-4-7(9(11)15-13)8(6(5)2)10(12)16-14/h3-4,13-14H,1-2H3. The Morgan fingerprint density at radius 2 is 1.62 bits per heavy atom. The lowest BCUT2D eigenvalue weighted by Gasteiger charge is -2.09. The molecule has 1 aromatic carbocycles. The fraction of sp³-hybridized carbons (Fsp3) is 0.200. The van der Waals surface area contributed by atoms with Crippen LogP contribution in [-0.4, -0.2) is 22.5 Å². The Balaban J connectivity index is 3.44. The van der Waals surface area contributed by atoms with E-state index in [1.807, 2.05) is 0 Å². The minimum Gasteiger partial charge on any atom is -0.295 e. The molecular formula is C10H10O6. The Morgan fingerprint density at radius 3 is 2.12 bits per heavy atom. The number of carbonyl (C=O) groups is 2. The van der Waals surface area contributed by atoms with Gasteiger partial charge in [0.2, 0.25) is 0 Å². The molecule has 6 heteroatoms. The van der Waals surface area contributed by atoms with Gasteiger partial charge in [-0.1, -0.05) is 6.07 Å². The van der Waals surface area contributed by atoms with Gasteiger partial charge in [-0.05, 0) is 31.0 Å². The highest BCUT2D eigenvalue weighted by Gasteiger charge is 2.23. The van der Waals surface area contributed by atoms with Gasteiger partial charge in [-0.15, -0.1) is 0 Å². The summed E-state index contributed by atoms with van der Waals surface area (Å²) < 4.78 is 0. The van der Waals surface area contributed by atoms with Gasteiger partial charge < -0.3 is 0 Å². The molecule has 0 spiro atoms. The number of aryl methyl sites for hydroxylation is 1. The van der Waals surface area contributed by atoms with Gasteiger partial charge in [-0.25, -0.2) is 9.59 Å². The molecule has 0 unspecified atom stereocenters. The van der Waals surface area contributed by atoms with Crippen molar-refractivity contribution in [3.63, 3.8) is 0 Å². The van der Waals surface area contributed by atoms with E-state index in [1.165, 1.54) is 6.07 Å². The highest BCUT2D eigenvalue weighted by molar-refractivity contribution is 6.04. The van der Waals surface area contributed by atoms with Crippen LogP contribution < -0.4 is 0 Å². The number of rotatable bonds is 2. The molecule has 0 atom stereocenters. The first-order valence-corrected chi connectivity index (χ1v) is 4.34. The molecule has 1 rings (SSSR count). The van der Waals surface area contributed by atoms with Crippen LogP contribution in [0.5, 0.6) is 0 Å². The zero-order chi connectivity index (χ0) is 12.3. The molecule has 0 bridgehead atoms. The van der Waals surface area contributed by atoms with Crippen LogP contribution in [0.1, 0.15) is 31.8 Å². The lowest BCUT2D eigenvalue weighted by Crippen LogP contribution is -2.14. The summed E-state index contributed by atoms with van der Waals surface area (Å²) in [4.78, 5) is 29.5. The molecule has 0 fully saturated rings. The molecule has 0 saturated carbocycles. The van der Waals surface area contributed by atoms with Crippen molar-refractivity contribution < 1.29 is 29.9 Å². The molecule has 0 radical (unpaired) electrons. The third-order valence-corrected chi connectivity index (χ3v) is 2.33. The highest BCUT2D eigenvalue weighted by atomic mass is 17.1. The quantitative estimate of drug-likeness (QED) is 0.587. The Hall–Kier alpha value is -1.92. The zero-order valence-corrected chi connectivity index (χ0v) is 8.68. The van der Waals surface area contributed by atoms with Crippen LogP contribution in [0.2, 0.25) is 0 Å². The molecule has 0 aliphatic rings. The maximum absolute atomic E-state index is 11.3. The summed E-state index contributed by atoms with van der Waals surface area (Å²) in [5.74, 6) is -2.18. The summed E-state index contributed by atoms with van der Waals surface area (Å²) in [6.45, 7) is 3.30. The molecule has 0 heterocycles. The zero-order valence-electron chi connectivity index (χ0n) is 8.68. The van der Waals surface area contributed by atoms with Gasteiger partial charge in [0.15, 0.2) is 0 Å². The Bertz CT molecular complexity index is 437. The molecule has 86 valence electrons. The SMILES string of the molecule is Cc1ccc(C(=O)OO)c(C(=O)OO)c1C. The van der Waals surface area contributed by atoms with E-state index in [4.69, 9.17) is 10.5 Å². The highest BCUT2D eigenvalue weighted by Crippen LogP contribution is 2.19. The number of hydrogen-bond donors (Lipinski definition) is 2. The smallest absolute Gasteiger partial charge is 0.295 e. The first kappa shape index (κ1) is 12.2. The van der Waals surface area contributed by atoms with E-state index in [1.54, 1.807) is 19.9 Å². The van der Waals surface area contributed by atoms with Gasteiger partial charge in [0.1, 0.15) is 0 Å². The van der Waals surface area contributed by atoms with Gasteiger partial charge in [0, 0.05) is 0 Å². The first-order chi connectivity index (χ1) is 7.52. The second kappa shape index (κ2) is 4.73. The molecule has 2 N–H and O–H groups in total. The van der Waals surface area contributed by atoms with Crippen molar-refractivity contribution in [2.24, 2.45) is 0 Å². The molecule has 0 amide bonds. The van der Waals surface area contributed by atoms with E-state index in [0.717, 1.165) is 5.56 Å².